The van der Waals surface area contributed by atoms with E-state index in [0.29, 0.717) is 6.07 Å². The van der Waals surface area contributed by atoms with Crippen LogP contribution in [0.1, 0.15) is 5.56 Å². The fraction of sp³-hybridized carbons (Fsp3) is 0.250. The van der Waals surface area contributed by atoms with Gasteiger partial charge in [-0.25, -0.2) is 8.42 Å². The van der Waals surface area contributed by atoms with Gasteiger partial charge in [0.05, 0.1) is 22.9 Å². The summed E-state index contributed by atoms with van der Waals surface area (Å²) in [6, 6.07) is 8.09. The number of hydrogen-bond donors (Lipinski definition) is 1. The highest BCUT2D eigenvalue weighted by molar-refractivity contribution is 7.92. The average molecular weight is 410 g/mol. The van der Waals surface area contributed by atoms with Gasteiger partial charge in [-0.3, -0.25) is 4.72 Å². The number of anilines is 1. The summed E-state index contributed by atoms with van der Waals surface area (Å²) in [4.78, 5) is -0.262. The van der Waals surface area contributed by atoms with E-state index in [1.807, 2.05) is 0 Å². The molecular weight excluding hydrogens is 395 g/mol. The minimum absolute atomic E-state index is 0.0304. The number of methoxy groups -OCH3 is 1. The van der Waals surface area contributed by atoms with Gasteiger partial charge in [-0.05, 0) is 30.3 Å². The Morgan fingerprint density at radius 3 is 2.42 bits per heavy atom. The molecule has 0 amide bonds. The van der Waals surface area contributed by atoms with Crippen LogP contribution in [0.25, 0.3) is 0 Å². The predicted molar refractivity (Wildman–Crippen MR) is 91.1 cm³/mol. The highest BCUT2D eigenvalue weighted by Gasteiger charge is 2.32. The van der Waals surface area contributed by atoms with Crippen LogP contribution in [0.5, 0.6) is 5.75 Å². The molecule has 0 fully saturated rings. The molecule has 26 heavy (non-hydrogen) atoms. The molecule has 1 N–H and O–H groups in total. The first-order chi connectivity index (χ1) is 12.1. The number of halogens is 4. The Kier molecular flexibility index (Phi) is 6.38. The van der Waals surface area contributed by atoms with Crippen LogP contribution < -0.4 is 9.46 Å². The normalized spacial score (nSPS) is 12.0. The van der Waals surface area contributed by atoms with Gasteiger partial charge in [-0.1, -0.05) is 23.7 Å². The smallest absolute Gasteiger partial charge is 0.416 e. The summed E-state index contributed by atoms with van der Waals surface area (Å²) in [5, 5.41) is -0.0613. The first kappa shape index (κ1) is 20.3. The average Bonchev–Trinajstić information content (AvgIpc) is 2.55. The topological polar surface area (TPSA) is 64.6 Å². The van der Waals surface area contributed by atoms with Gasteiger partial charge in [0.25, 0.3) is 10.0 Å². The first-order valence-corrected chi connectivity index (χ1v) is 9.11. The third kappa shape index (κ3) is 5.03. The summed E-state index contributed by atoms with van der Waals surface area (Å²) in [5.74, 6) is -0.0642. The zero-order valence-electron chi connectivity index (χ0n) is 13.5. The maximum Gasteiger partial charge on any atom is 0.416 e. The molecule has 0 saturated heterocycles. The van der Waals surface area contributed by atoms with E-state index in [1.54, 1.807) is 0 Å². The molecule has 2 aromatic rings. The van der Waals surface area contributed by atoms with Crippen molar-refractivity contribution in [1.82, 2.24) is 0 Å². The number of nitrogens with one attached hydrogen (secondary N) is 1. The fourth-order valence-electron chi connectivity index (χ4n) is 2.01. The monoisotopic (exact) mass is 409 g/mol. The lowest BCUT2D eigenvalue weighted by Gasteiger charge is -2.16. The van der Waals surface area contributed by atoms with E-state index in [2.05, 4.69) is 4.72 Å². The van der Waals surface area contributed by atoms with Crippen molar-refractivity contribution in [2.45, 2.75) is 11.1 Å². The molecule has 0 atom stereocenters. The highest BCUT2D eigenvalue weighted by Crippen LogP contribution is 2.36. The Morgan fingerprint density at radius 2 is 1.81 bits per heavy atom. The quantitative estimate of drug-likeness (QED) is 0.696. The van der Waals surface area contributed by atoms with Gasteiger partial charge in [-0.2, -0.15) is 13.2 Å². The molecule has 0 saturated carbocycles. The van der Waals surface area contributed by atoms with E-state index in [9.17, 15) is 21.6 Å². The van der Waals surface area contributed by atoms with Gasteiger partial charge in [-0.15, -0.1) is 0 Å². The van der Waals surface area contributed by atoms with Crippen LogP contribution in [-0.2, 0) is 20.9 Å². The summed E-state index contributed by atoms with van der Waals surface area (Å²) >= 11 is 5.87. The van der Waals surface area contributed by atoms with Crippen molar-refractivity contribution in [1.29, 1.82) is 0 Å². The van der Waals surface area contributed by atoms with Crippen molar-refractivity contribution in [2.24, 2.45) is 0 Å². The Labute approximate surface area is 153 Å². The number of alkyl halides is 3. The third-order valence-electron chi connectivity index (χ3n) is 3.22. The number of sulfonamides is 1. The SMILES string of the molecule is COCCOc1ccc(C(F)(F)F)cc1NS(=O)(=O)c1ccccc1Cl. The highest BCUT2D eigenvalue weighted by atomic mass is 35.5. The molecule has 10 heteroatoms. The van der Waals surface area contributed by atoms with E-state index in [-0.39, 0.29) is 34.6 Å². The lowest BCUT2D eigenvalue weighted by atomic mass is 10.2. The summed E-state index contributed by atoms with van der Waals surface area (Å²) in [5.41, 5.74) is -1.37. The van der Waals surface area contributed by atoms with E-state index < -0.39 is 21.8 Å². The van der Waals surface area contributed by atoms with Gasteiger partial charge < -0.3 is 9.47 Å². The second-order valence-electron chi connectivity index (χ2n) is 5.09. The summed E-state index contributed by atoms with van der Waals surface area (Å²) in [6.45, 7) is 0.209. The van der Waals surface area contributed by atoms with Gasteiger partial charge in [0, 0.05) is 7.11 Å². The van der Waals surface area contributed by atoms with Crippen molar-refractivity contribution in [3.8, 4) is 5.75 Å². The molecule has 0 radical (unpaired) electrons. The molecule has 0 aromatic heterocycles. The minimum Gasteiger partial charge on any atom is -0.489 e. The van der Waals surface area contributed by atoms with Gasteiger partial charge in [0.15, 0.2) is 0 Å². The first-order valence-electron chi connectivity index (χ1n) is 7.25. The Morgan fingerprint density at radius 1 is 1.12 bits per heavy atom. The van der Waals surface area contributed by atoms with Crippen LogP contribution in [0.2, 0.25) is 5.02 Å². The fourth-order valence-corrected chi connectivity index (χ4v) is 3.59. The second kappa shape index (κ2) is 8.15. The molecule has 0 aliphatic rings. The number of rotatable bonds is 7. The standard InChI is InChI=1S/C16H15ClF3NO4S/c1-24-8-9-25-14-7-6-11(16(18,19)20)10-13(14)21-26(22,23)15-5-3-2-4-12(15)17/h2-7,10,21H,8-9H2,1H3. The largest absolute Gasteiger partial charge is 0.489 e. The van der Waals surface area contributed by atoms with Crippen LogP contribution in [0.4, 0.5) is 18.9 Å². The molecule has 5 nitrogen and oxygen atoms in total. The van der Waals surface area contributed by atoms with Crippen LogP contribution >= 0.6 is 11.6 Å². The lowest BCUT2D eigenvalue weighted by Crippen LogP contribution is -2.16. The summed E-state index contributed by atoms with van der Waals surface area (Å²) < 4.78 is 76.1. The van der Waals surface area contributed by atoms with Crippen LogP contribution in [-0.4, -0.2) is 28.7 Å². The maximum absolute atomic E-state index is 13.0. The van der Waals surface area contributed by atoms with Crippen molar-refractivity contribution in [3.05, 3.63) is 53.1 Å². The Bertz CT molecular complexity index is 872. The lowest BCUT2D eigenvalue weighted by molar-refractivity contribution is -0.137. The van der Waals surface area contributed by atoms with Crippen molar-refractivity contribution in [3.63, 3.8) is 0 Å². The Balaban J connectivity index is 2.42. The molecule has 0 unspecified atom stereocenters. The summed E-state index contributed by atoms with van der Waals surface area (Å²) in [7, 11) is -2.79. The second-order valence-corrected chi connectivity index (χ2v) is 7.14. The molecule has 0 bridgehead atoms. The van der Waals surface area contributed by atoms with E-state index in [1.165, 1.54) is 31.4 Å². The number of ether oxygens (including phenoxy) is 2. The van der Waals surface area contributed by atoms with Crippen LogP contribution in [0.3, 0.4) is 0 Å². The van der Waals surface area contributed by atoms with Gasteiger partial charge >= 0.3 is 6.18 Å². The molecule has 0 aliphatic carbocycles. The van der Waals surface area contributed by atoms with Crippen molar-refractivity contribution >= 4 is 27.3 Å². The van der Waals surface area contributed by atoms with Crippen molar-refractivity contribution < 1.29 is 31.1 Å². The molecule has 2 aromatic carbocycles. The molecular formula is C16H15ClF3NO4S. The van der Waals surface area contributed by atoms with Crippen molar-refractivity contribution in [2.75, 3.05) is 25.0 Å². The van der Waals surface area contributed by atoms with E-state index in [4.69, 9.17) is 21.1 Å². The molecule has 0 spiro atoms. The molecule has 2 rings (SSSR count). The molecule has 142 valence electrons. The number of benzene rings is 2. The maximum atomic E-state index is 13.0. The van der Waals surface area contributed by atoms with Gasteiger partial charge in [0.1, 0.15) is 17.3 Å². The number of hydrogen-bond acceptors (Lipinski definition) is 4. The minimum atomic E-state index is -4.64. The third-order valence-corrected chi connectivity index (χ3v) is 5.09. The van der Waals surface area contributed by atoms with Gasteiger partial charge in [0.2, 0.25) is 0 Å². The summed E-state index contributed by atoms with van der Waals surface area (Å²) in [6.07, 6.45) is -4.64. The molecule has 0 aliphatic heterocycles. The van der Waals surface area contributed by atoms with E-state index >= 15 is 0 Å². The zero-order chi connectivity index (χ0) is 19.4. The van der Waals surface area contributed by atoms with Crippen LogP contribution in [0, 0.1) is 0 Å². The predicted octanol–water partition coefficient (Wildman–Crippen LogP) is 4.18. The van der Waals surface area contributed by atoms with E-state index in [0.717, 1.165) is 12.1 Å². The Hall–Kier alpha value is -1.97. The molecule has 0 heterocycles. The van der Waals surface area contributed by atoms with Crippen LogP contribution in [0.15, 0.2) is 47.4 Å². The zero-order valence-corrected chi connectivity index (χ0v) is 15.1.